The van der Waals surface area contributed by atoms with Crippen molar-refractivity contribution in [3.8, 4) is 17.6 Å². The highest BCUT2D eigenvalue weighted by Crippen LogP contribution is 2.42. The normalized spacial score (nSPS) is 11.7. The van der Waals surface area contributed by atoms with E-state index < -0.39 is 17.6 Å². The highest BCUT2D eigenvalue weighted by Gasteiger charge is 2.30. The Kier molecular flexibility index (Phi) is 7.32. The maximum absolute atomic E-state index is 12.8. The van der Waals surface area contributed by atoms with Gasteiger partial charge < -0.3 is 15.2 Å². The van der Waals surface area contributed by atoms with Gasteiger partial charge in [-0.05, 0) is 74.7 Å². The molecule has 152 valence electrons. The molecule has 0 saturated carbocycles. The first-order chi connectivity index (χ1) is 13.6. The summed E-state index contributed by atoms with van der Waals surface area (Å²) >= 11 is 6.43. The first-order valence-corrected chi connectivity index (χ1v) is 9.61. The lowest BCUT2D eigenvalue weighted by atomic mass is 10.1. The summed E-state index contributed by atoms with van der Waals surface area (Å²) in [6.07, 6.45) is -3.34. The van der Waals surface area contributed by atoms with E-state index in [1.165, 1.54) is 18.2 Å². The Morgan fingerprint density at radius 3 is 2.59 bits per heavy atom. The molecule has 0 unspecified atom stereocenters. The van der Waals surface area contributed by atoms with Crippen molar-refractivity contribution in [1.29, 1.82) is 5.26 Å². The van der Waals surface area contributed by atoms with Gasteiger partial charge in [0.25, 0.3) is 5.91 Å². The minimum Gasteiger partial charge on any atom is -0.503 e. The van der Waals surface area contributed by atoms with Gasteiger partial charge in [0, 0.05) is 10.2 Å². The molecule has 0 bridgehead atoms. The summed E-state index contributed by atoms with van der Waals surface area (Å²) in [7, 11) is 0. The van der Waals surface area contributed by atoms with Crippen molar-refractivity contribution in [2.45, 2.75) is 13.1 Å². The first-order valence-electron chi connectivity index (χ1n) is 8.02. The van der Waals surface area contributed by atoms with Crippen molar-refractivity contribution in [3.63, 3.8) is 0 Å². The van der Waals surface area contributed by atoms with Gasteiger partial charge in [-0.3, -0.25) is 4.79 Å². The quantitative estimate of drug-likeness (QED) is 0.371. The molecule has 29 heavy (non-hydrogen) atoms. The minimum absolute atomic E-state index is 0.105. The van der Waals surface area contributed by atoms with Gasteiger partial charge in [0.2, 0.25) is 0 Å². The van der Waals surface area contributed by atoms with Crippen molar-refractivity contribution in [1.82, 2.24) is 0 Å². The lowest BCUT2D eigenvalue weighted by Crippen LogP contribution is -2.14. The predicted octanol–water partition coefficient (Wildman–Crippen LogP) is 5.88. The standard InChI is InChI=1S/C19H13Br2F3N2O3/c1-2-29-14-7-10(15(20)16(21)17(14)27)6-11(9-25)18(28)26-13-5-3-4-12(8-13)19(22,23)24/h3-8,27H,2H2,1H3,(H,26,28)/b11-6-. The molecule has 0 atom stereocenters. The smallest absolute Gasteiger partial charge is 0.416 e. The van der Waals surface area contributed by atoms with Gasteiger partial charge in [-0.1, -0.05) is 6.07 Å². The molecule has 0 aliphatic heterocycles. The average Bonchev–Trinajstić information content (AvgIpc) is 2.67. The molecule has 0 spiro atoms. The van der Waals surface area contributed by atoms with Crippen LogP contribution in [0.25, 0.3) is 6.08 Å². The van der Waals surface area contributed by atoms with Crippen molar-refractivity contribution in [2.24, 2.45) is 0 Å². The number of halogens is 5. The molecule has 2 rings (SSSR count). The number of benzene rings is 2. The number of anilines is 1. The molecule has 0 aliphatic rings. The Bertz CT molecular complexity index is 1010. The largest absolute Gasteiger partial charge is 0.503 e. The van der Waals surface area contributed by atoms with Crippen LogP contribution >= 0.6 is 31.9 Å². The lowest BCUT2D eigenvalue weighted by molar-refractivity contribution is -0.137. The third kappa shape index (κ3) is 5.52. The fourth-order valence-corrected chi connectivity index (χ4v) is 3.10. The predicted molar refractivity (Wildman–Crippen MR) is 108 cm³/mol. The summed E-state index contributed by atoms with van der Waals surface area (Å²) in [5, 5.41) is 21.7. The van der Waals surface area contributed by atoms with E-state index in [1.54, 1.807) is 13.0 Å². The Hall–Kier alpha value is -2.51. The fourth-order valence-electron chi connectivity index (χ4n) is 2.26. The Morgan fingerprint density at radius 1 is 1.31 bits per heavy atom. The Labute approximate surface area is 181 Å². The molecule has 0 aliphatic carbocycles. The van der Waals surface area contributed by atoms with Gasteiger partial charge in [-0.15, -0.1) is 0 Å². The number of aromatic hydroxyl groups is 1. The van der Waals surface area contributed by atoms with Gasteiger partial charge in [-0.2, -0.15) is 18.4 Å². The number of nitrogens with one attached hydrogen (secondary N) is 1. The van der Waals surface area contributed by atoms with E-state index in [0.29, 0.717) is 10.0 Å². The molecule has 2 aromatic carbocycles. The van der Waals surface area contributed by atoms with Gasteiger partial charge in [0.15, 0.2) is 11.5 Å². The minimum atomic E-state index is -4.56. The summed E-state index contributed by atoms with van der Waals surface area (Å²) in [4.78, 5) is 12.4. The van der Waals surface area contributed by atoms with Crippen LogP contribution in [-0.4, -0.2) is 17.6 Å². The summed E-state index contributed by atoms with van der Waals surface area (Å²) < 4.78 is 44.4. The maximum atomic E-state index is 12.8. The number of carbonyl (C=O) groups is 1. The van der Waals surface area contributed by atoms with Crippen LogP contribution in [0.5, 0.6) is 11.5 Å². The number of alkyl halides is 3. The van der Waals surface area contributed by atoms with Crippen LogP contribution in [0, 0.1) is 11.3 Å². The number of hydrogen-bond donors (Lipinski definition) is 2. The number of hydrogen-bond acceptors (Lipinski definition) is 4. The van der Waals surface area contributed by atoms with Crippen LogP contribution in [0.3, 0.4) is 0 Å². The molecule has 2 N–H and O–H groups in total. The third-order valence-electron chi connectivity index (χ3n) is 3.59. The second-order valence-electron chi connectivity index (χ2n) is 5.58. The average molecular weight is 534 g/mol. The molecule has 10 heteroatoms. The zero-order valence-corrected chi connectivity index (χ0v) is 17.9. The molecule has 5 nitrogen and oxygen atoms in total. The molecular formula is C19H13Br2F3N2O3. The van der Waals surface area contributed by atoms with Gasteiger partial charge in [-0.25, -0.2) is 0 Å². The first kappa shape index (κ1) is 22.8. The molecule has 2 aromatic rings. The number of ether oxygens (including phenoxy) is 1. The molecule has 0 saturated heterocycles. The van der Waals surface area contributed by atoms with E-state index in [-0.39, 0.29) is 33.8 Å². The highest BCUT2D eigenvalue weighted by atomic mass is 79.9. The summed E-state index contributed by atoms with van der Waals surface area (Å²) in [5.41, 5.74) is -1.05. The Morgan fingerprint density at radius 2 is 2.00 bits per heavy atom. The lowest BCUT2D eigenvalue weighted by Gasteiger charge is -2.12. The van der Waals surface area contributed by atoms with Crippen LogP contribution in [-0.2, 0) is 11.0 Å². The van der Waals surface area contributed by atoms with Gasteiger partial charge >= 0.3 is 6.18 Å². The SMILES string of the molecule is CCOc1cc(/C=C(/C#N)C(=O)Nc2cccc(C(F)(F)F)c2)c(Br)c(Br)c1O. The molecule has 0 heterocycles. The number of nitrogens with zero attached hydrogens (tertiary/aromatic N) is 1. The van der Waals surface area contributed by atoms with E-state index in [2.05, 4.69) is 37.2 Å². The van der Waals surface area contributed by atoms with Crippen molar-refractivity contribution in [2.75, 3.05) is 11.9 Å². The Balaban J connectivity index is 2.38. The topological polar surface area (TPSA) is 82.3 Å². The summed E-state index contributed by atoms with van der Waals surface area (Å²) in [6, 6.07) is 7.21. The van der Waals surface area contributed by atoms with E-state index in [9.17, 15) is 28.3 Å². The highest BCUT2D eigenvalue weighted by molar-refractivity contribution is 9.13. The number of rotatable bonds is 5. The second-order valence-corrected chi connectivity index (χ2v) is 7.16. The number of nitriles is 1. The van der Waals surface area contributed by atoms with E-state index in [1.807, 2.05) is 0 Å². The zero-order valence-electron chi connectivity index (χ0n) is 14.8. The molecule has 0 aromatic heterocycles. The van der Waals surface area contributed by atoms with Gasteiger partial charge in [0.05, 0.1) is 16.6 Å². The molecular weight excluding hydrogens is 521 g/mol. The van der Waals surface area contributed by atoms with E-state index >= 15 is 0 Å². The van der Waals surface area contributed by atoms with Crippen LogP contribution in [0.2, 0.25) is 0 Å². The van der Waals surface area contributed by atoms with E-state index in [0.717, 1.165) is 18.2 Å². The number of phenols is 1. The van der Waals surface area contributed by atoms with Crippen LogP contribution in [0.15, 0.2) is 44.9 Å². The van der Waals surface area contributed by atoms with Crippen LogP contribution in [0.4, 0.5) is 18.9 Å². The van der Waals surface area contributed by atoms with Gasteiger partial charge in [0.1, 0.15) is 11.6 Å². The fraction of sp³-hybridized carbons (Fsp3) is 0.158. The van der Waals surface area contributed by atoms with Crippen molar-refractivity contribution in [3.05, 3.63) is 56.0 Å². The van der Waals surface area contributed by atoms with Crippen LogP contribution in [0.1, 0.15) is 18.1 Å². The number of amides is 1. The zero-order chi connectivity index (χ0) is 21.8. The molecule has 0 fully saturated rings. The van der Waals surface area contributed by atoms with Crippen LogP contribution < -0.4 is 10.1 Å². The number of carbonyl (C=O) groups excluding carboxylic acids is 1. The van der Waals surface area contributed by atoms with Crippen molar-refractivity contribution < 1.29 is 27.8 Å². The molecule has 1 amide bonds. The molecule has 0 radical (unpaired) electrons. The summed E-state index contributed by atoms with van der Waals surface area (Å²) in [6.45, 7) is 1.99. The van der Waals surface area contributed by atoms with E-state index in [4.69, 9.17) is 4.74 Å². The summed E-state index contributed by atoms with van der Waals surface area (Å²) in [5.74, 6) is -0.923. The second kappa shape index (κ2) is 9.33. The number of phenolic OH excluding ortho intramolecular Hbond substituents is 1. The third-order valence-corrected chi connectivity index (χ3v) is 5.75. The maximum Gasteiger partial charge on any atom is 0.416 e. The van der Waals surface area contributed by atoms with Crippen molar-refractivity contribution >= 4 is 49.5 Å². The monoisotopic (exact) mass is 532 g/mol.